The van der Waals surface area contributed by atoms with Crippen LogP contribution in [0.5, 0.6) is 0 Å². The van der Waals surface area contributed by atoms with Crippen LogP contribution >= 0.6 is 11.3 Å². The Hall–Kier alpha value is -2.67. The average Bonchev–Trinajstić information content (AvgIpc) is 3.24. The number of nitrogens with one attached hydrogen (secondary N) is 1. The number of amides is 1. The number of cyclic esters (lactones) is 1. The van der Waals surface area contributed by atoms with E-state index >= 15 is 0 Å². The van der Waals surface area contributed by atoms with E-state index in [-0.39, 0.29) is 18.3 Å². The molecule has 0 bridgehead atoms. The van der Waals surface area contributed by atoms with Crippen LogP contribution in [0.25, 0.3) is 22.2 Å². The molecule has 1 fully saturated rings. The molecule has 27 heavy (non-hydrogen) atoms. The highest BCUT2D eigenvalue weighted by Crippen LogP contribution is 2.37. The van der Waals surface area contributed by atoms with Gasteiger partial charge in [-0.25, -0.2) is 4.98 Å². The van der Waals surface area contributed by atoms with Gasteiger partial charge >= 0.3 is 5.97 Å². The van der Waals surface area contributed by atoms with Crippen molar-refractivity contribution in [1.82, 2.24) is 9.55 Å². The van der Waals surface area contributed by atoms with Crippen molar-refractivity contribution in [3.8, 4) is 11.3 Å². The topological polar surface area (TPSA) is 73.2 Å². The van der Waals surface area contributed by atoms with Crippen molar-refractivity contribution in [3.05, 3.63) is 35.3 Å². The Morgan fingerprint density at radius 2 is 2.11 bits per heavy atom. The van der Waals surface area contributed by atoms with Crippen molar-refractivity contribution in [1.29, 1.82) is 0 Å². The number of esters is 1. The summed E-state index contributed by atoms with van der Waals surface area (Å²) in [5.74, 6) is -1.09. The van der Waals surface area contributed by atoms with E-state index in [1.807, 2.05) is 24.6 Å². The van der Waals surface area contributed by atoms with Crippen LogP contribution < -0.4 is 5.32 Å². The number of hydrogen-bond donors (Lipinski definition) is 1. The minimum absolute atomic E-state index is 0.0967. The van der Waals surface area contributed by atoms with Crippen LogP contribution in [0.2, 0.25) is 0 Å². The van der Waals surface area contributed by atoms with E-state index in [1.54, 1.807) is 13.8 Å². The van der Waals surface area contributed by atoms with E-state index in [4.69, 9.17) is 4.74 Å². The summed E-state index contributed by atoms with van der Waals surface area (Å²) in [7, 11) is 2.04. The molecule has 3 aromatic rings. The second-order valence-electron chi connectivity index (χ2n) is 7.40. The number of nitrogens with zero attached hydrogens (tertiary/aromatic N) is 2. The summed E-state index contributed by atoms with van der Waals surface area (Å²) >= 11 is 1.38. The van der Waals surface area contributed by atoms with E-state index in [1.165, 1.54) is 11.3 Å². The van der Waals surface area contributed by atoms with Crippen LogP contribution in [0, 0.1) is 12.8 Å². The highest BCUT2D eigenvalue weighted by molar-refractivity contribution is 7.14. The van der Waals surface area contributed by atoms with Gasteiger partial charge in [0, 0.05) is 34.6 Å². The van der Waals surface area contributed by atoms with Gasteiger partial charge in [0.1, 0.15) is 5.60 Å². The number of aryl methyl sites for hydroxylation is 1. The molecule has 0 saturated carbocycles. The first-order valence-corrected chi connectivity index (χ1v) is 9.68. The van der Waals surface area contributed by atoms with Gasteiger partial charge in [-0.3, -0.25) is 9.59 Å². The maximum atomic E-state index is 12.6. The molecule has 0 unspecified atom stereocenters. The zero-order chi connectivity index (χ0) is 19.3. The first-order chi connectivity index (χ1) is 12.8. The van der Waals surface area contributed by atoms with Crippen molar-refractivity contribution in [3.63, 3.8) is 0 Å². The number of hydrogen-bond acceptors (Lipinski definition) is 5. The van der Waals surface area contributed by atoms with Crippen LogP contribution in [0.3, 0.4) is 0 Å². The fourth-order valence-corrected chi connectivity index (χ4v) is 4.41. The predicted molar refractivity (Wildman–Crippen MR) is 106 cm³/mol. The van der Waals surface area contributed by atoms with Crippen molar-refractivity contribution in [2.24, 2.45) is 13.0 Å². The molecule has 4 rings (SSSR count). The summed E-state index contributed by atoms with van der Waals surface area (Å²) in [6.07, 6.45) is 0.0967. The highest BCUT2D eigenvalue weighted by Gasteiger charge is 2.46. The lowest BCUT2D eigenvalue weighted by atomic mass is 9.90. The molecule has 3 heterocycles. The van der Waals surface area contributed by atoms with Gasteiger partial charge in [0.15, 0.2) is 5.13 Å². The van der Waals surface area contributed by atoms with Crippen molar-refractivity contribution < 1.29 is 14.3 Å². The molecular formula is C20H21N3O3S. The van der Waals surface area contributed by atoms with E-state index in [9.17, 15) is 9.59 Å². The lowest BCUT2D eigenvalue weighted by molar-refractivity contribution is -0.147. The van der Waals surface area contributed by atoms with Gasteiger partial charge in [0.2, 0.25) is 5.91 Å². The summed E-state index contributed by atoms with van der Waals surface area (Å²) in [5, 5.41) is 6.47. The molecule has 0 radical (unpaired) electrons. The molecule has 1 aliphatic heterocycles. The van der Waals surface area contributed by atoms with Crippen molar-refractivity contribution >= 4 is 39.2 Å². The van der Waals surface area contributed by atoms with Crippen molar-refractivity contribution in [2.75, 3.05) is 5.32 Å². The molecule has 1 amide bonds. The van der Waals surface area contributed by atoms with Gasteiger partial charge in [0.25, 0.3) is 0 Å². The molecule has 1 aromatic carbocycles. The van der Waals surface area contributed by atoms with Crippen LogP contribution in [0.1, 0.15) is 26.0 Å². The lowest BCUT2D eigenvalue weighted by Crippen LogP contribution is -2.36. The van der Waals surface area contributed by atoms with Gasteiger partial charge in [-0.2, -0.15) is 0 Å². The molecule has 1 atom stereocenters. The monoisotopic (exact) mass is 383 g/mol. The predicted octanol–water partition coefficient (Wildman–Crippen LogP) is 3.89. The molecule has 1 saturated heterocycles. The smallest absolute Gasteiger partial charge is 0.307 e. The third kappa shape index (κ3) is 2.92. The van der Waals surface area contributed by atoms with Crippen molar-refractivity contribution in [2.45, 2.75) is 32.8 Å². The number of rotatable bonds is 3. The quantitative estimate of drug-likeness (QED) is 0.697. The second kappa shape index (κ2) is 6.20. The van der Waals surface area contributed by atoms with Crippen LogP contribution in [0.15, 0.2) is 29.6 Å². The maximum Gasteiger partial charge on any atom is 0.307 e. The van der Waals surface area contributed by atoms with E-state index in [0.29, 0.717) is 5.13 Å². The molecule has 140 valence electrons. The lowest BCUT2D eigenvalue weighted by Gasteiger charge is -2.23. The largest absolute Gasteiger partial charge is 0.459 e. The van der Waals surface area contributed by atoms with E-state index in [2.05, 4.69) is 33.9 Å². The zero-order valence-corrected chi connectivity index (χ0v) is 16.5. The third-order valence-electron chi connectivity index (χ3n) is 5.29. The number of benzene rings is 1. The highest BCUT2D eigenvalue weighted by atomic mass is 32.1. The van der Waals surface area contributed by atoms with E-state index in [0.717, 1.165) is 27.9 Å². The van der Waals surface area contributed by atoms with Gasteiger partial charge < -0.3 is 14.6 Å². The average molecular weight is 383 g/mol. The van der Waals surface area contributed by atoms with Crippen LogP contribution in [-0.2, 0) is 21.4 Å². The number of ether oxygens (including phenoxy) is 1. The number of fused-ring (bicyclic) bond motifs is 1. The minimum atomic E-state index is -0.798. The maximum absolute atomic E-state index is 12.6. The second-order valence-corrected chi connectivity index (χ2v) is 8.26. The van der Waals surface area contributed by atoms with Gasteiger partial charge in [-0.1, -0.05) is 18.2 Å². The number of anilines is 1. The first-order valence-electron chi connectivity index (χ1n) is 8.80. The standard InChI is InChI=1S/C20H21N3O3S/c1-11-17(12-7-5-6-8-15(12)23(11)4)14-10-27-19(21-14)22-18(25)13-9-16(24)26-20(13,2)3/h5-8,10,13H,9H2,1-4H3,(H,21,22,25)/t13-/m1/s1. The molecular weight excluding hydrogens is 362 g/mol. The fourth-order valence-electron chi connectivity index (χ4n) is 3.71. The van der Waals surface area contributed by atoms with Gasteiger partial charge in [-0.05, 0) is 26.8 Å². The SMILES string of the molecule is Cc1c(-c2csc(NC(=O)[C@H]3CC(=O)OC3(C)C)n2)c2ccccc2n1C. The van der Waals surface area contributed by atoms with Gasteiger partial charge in [0.05, 0.1) is 18.0 Å². The van der Waals surface area contributed by atoms with E-state index < -0.39 is 11.5 Å². The molecule has 0 aliphatic carbocycles. The molecule has 1 N–H and O–H groups in total. The molecule has 1 aliphatic rings. The summed E-state index contributed by atoms with van der Waals surface area (Å²) < 4.78 is 7.39. The fraction of sp³-hybridized carbons (Fsp3) is 0.350. The number of carbonyl (C=O) groups excluding carboxylic acids is 2. The Labute approximate surface area is 161 Å². The number of carbonyl (C=O) groups is 2. The Morgan fingerprint density at radius 1 is 1.37 bits per heavy atom. The summed E-state index contributed by atoms with van der Waals surface area (Å²) in [6.45, 7) is 5.58. The summed E-state index contributed by atoms with van der Waals surface area (Å²) in [5.41, 5.74) is 3.38. The Morgan fingerprint density at radius 3 is 2.81 bits per heavy atom. The number of para-hydroxylation sites is 1. The summed E-state index contributed by atoms with van der Waals surface area (Å²) in [6, 6.07) is 8.20. The van der Waals surface area contributed by atoms with Crippen LogP contribution in [-0.4, -0.2) is 27.0 Å². The molecule has 0 spiro atoms. The Balaban J connectivity index is 1.63. The third-order valence-corrected chi connectivity index (χ3v) is 6.05. The number of aromatic nitrogens is 2. The number of thiazole rings is 1. The molecule has 6 nitrogen and oxygen atoms in total. The Kier molecular flexibility index (Phi) is 4.07. The molecule has 2 aromatic heterocycles. The van der Waals surface area contributed by atoms with Gasteiger partial charge in [-0.15, -0.1) is 11.3 Å². The molecule has 7 heteroatoms. The zero-order valence-electron chi connectivity index (χ0n) is 15.7. The summed E-state index contributed by atoms with van der Waals surface area (Å²) in [4.78, 5) is 28.8. The normalized spacial score (nSPS) is 18.7. The Bertz CT molecular complexity index is 1060. The first kappa shape index (κ1) is 17.7. The van der Waals surface area contributed by atoms with Crippen LogP contribution in [0.4, 0.5) is 5.13 Å². The minimum Gasteiger partial charge on any atom is -0.459 e.